The van der Waals surface area contributed by atoms with Crippen LogP contribution in [0.25, 0.3) is 11.4 Å². The maximum absolute atomic E-state index is 9.18. The molecule has 4 heteroatoms. The lowest BCUT2D eigenvalue weighted by atomic mass is 10.3. The summed E-state index contributed by atoms with van der Waals surface area (Å²) in [6, 6.07) is 3.83. The molecule has 78 valence electrons. The van der Waals surface area contributed by atoms with E-state index in [2.05, 4.69) is 9.97 Å². The van der Waals surface area contributed by atoms with Gasteiger partial charge in [-0.05, 0) is 19.1 Å². The molecule has 0 atom stereocenters. The molecule has 0 unspecified atom stereocenters. The van der Waals surface area contributed by atoms with E-state index in [1.54, 1.807) is 12.4 Å². The first-order valence-corrected chi connectivity index (χ1v) is 4.77. The van der Waals surface area contributed by atoms with Crippen LogP contribution >= 0.6 is 0 Å². The van der Waals surface area contributed by atoms with Crippen molar-refractivity contribution in [3.8, 4) is 11.4 Å². The van der Waals surface area contributed by atoms with Gasteiger partial charge in [0.25, 0.3) is 0 Å². The molecule has 2 heterocycles. The van der Waals surface area contributed by atoms with Gasteiger partial charge in [-0.25, -0.2) is 4.98 Å². The van der Waals surface area contributed by atoms with Gasteiger partial charge < -0.3 is 9.67 Å². The molecule has 1 N–H and O–H groups in total. The molecule has 0 aliphatic rings. The van der Waals surface area contributed by atoms with E-state index in [1.807, 2.05) is 30.7 Å². The summed E-state index contributed by atoms with van der Waals surface area (Å²) in [5.41, 5.74) is 2.66. The Labute approximate surface area is 88.2 Å². The highest BCUT2D eigenvalue weighted by Gasteiger charge is 2.11. The SMILES string of the molecule is Cc1nc(-c2cccnc2)n(C)c1CO. The van der Waals surface area contributed by atoms with E-state index >= 15 is 0 Å². The van der Waals surface area contributed by atoms with Crippen molar-refractivity contribution in [2.45, 2.75) is 13.5 Å². The fourth-order valence-electron chi connectivity index (χ4n) is 1.64. The summed E-state index contributed by atoms with van der Waals surface area (Å²) in [4.78, 5) is 8.47. The lowest BCUT2D eigenvalue weighted by molar-refractivity contribution is 0.272. The lowest BCUT2D eigenvalue weighted by Crippen LogP contribution is -1.99. The van der Waals surface area contributed by atoms with E-state index in [1.165, 1.54) is 0 Å². The van der Waals surface area contributed by atoms with E-state index in [-0.39, 0.29) is 6.61 Å². The van der Waals surface area contributed by atoms with Crippen LogP contribution in [0.2, 0.25) is 0 Å². The predicted octanol–water partition coefficient (Wildman–Crippen LogP) is 1.28. The normalized spacial score (nSPS) is 10.6. The Balaban J connectivity index is 2.55. The van der Waals surface area contributed by atoms with Gasteiger partial charge in [0, 0.05) is 25.0 Å². The second-order valence-electron chi connectivity index (χ2n) is 3.43. The Hall–Kier alpha value is -1.68. The molecule has 0 fully saturated rings. The number of aliphatic hydroxyl groups is 1. The van der Waals surface area contributed by atoms with Gasteiger partial charge in [-0.3, -0.25) is 4.98 Å². The van der Waals surface area contributed by atoms with Crippen LogP contribution in [0.5, 0.6) is 0 Å². The number of aryl methyl sites for hydroxylation is 1. The minimum atomic E-state index is 0.00952. The standard InChI is InChI=1S/C11H13N3O/c1-8-10(7-15)14(2)11(13-8)9-4-3-5-12-6-9/h3-6,15H,7H2,1-2H3. The molecule has 2 rings (SSSR count). The van der Waals surface area contributed by atoms with Gasteiger partial charge in [0.15, 0.2) is 0 Å². The van der Waals surface area contributed by atoms with Crippen molar-refractivity contribution in [3.63, 3.8) is 0 Å². The second kappa shape index (κ2) is 3.82. The summed E-state index contributed by atoms with van der Waals surface area (Å²) in [7, 11) is 1.90. The maximum Gasteiger partial charge on any atom is 0.141 e. The number of imidazole rings is 1. The summed E-state index contributed by atoms with van der Waals surface area (Å²) < 4.78 is 1.90. The lowest BCUT2D eigenvalue weighted by Gasteiger charge is -2.03. The van der Waals surface area contributed by atoms with Gasteiger partial charge in [0.05, 0.1) is 18.0 Å². The van der Waals surface area contributed by atoms with Crippen molar-refractivity contribution in [1.29, 1.82) is 0 Å². The first-order valence-electron chi connectivity index (χ1n) is 4.77. The van der Waals surface area contributed by atoms with E-state index in [9.17, 15) is 5.11 Å². The first kappa shape index (κ1) is 9.86. The topological polar surface area (TPSA) is 50.9 Å². The number of pyridine rings is 1. The van der Waals surface area contributed by atoms with Crippen molar-refractivity contribution in [2.24, 2.45) is 7.05 Å². The van der Waals surface area contributed by atoms with Gasteiger partial charge >= 0.3 is 0 Å². The van der Waals surface area contributed by atoms with Crippen LogP contribution in [0, 0.1) is 6.92 Å². The van der Waals surface area contributed by atoms with Crippen molar-refractivity contribution in [1.82, 2.24) is 14.5 Å². The molecule has 0 saturated carbocycles. The third-order valence-electron chi connectivity index (χ3n) is 2.48. The highest BCUT2D eigenvalue weighted by atomic mass is 16.3. The summed E-state index contributed by atoms with van der Waals surface area (Å²) in [5, 5.41) is 9.18. The molecule has 0 saturated heterocycles. The molecule has 0 spiro atoms. The zero-order valence-electron chi connectivity index (χ0n) is 8.81. The first-order chi connectivity index (χ1) is 7.24. The Bertz CT molecular complexity index is 462. The van der Waals surface area contributed by atoms with Crippen LogP contribution in [0.1, 0.15) is 11.4 Å². The number of rotatable bonds is 2. The zero-order valence-corrected chi connectivity index (χ0v) is 8.81. The predicted molar refractivity (Wildman–Crippen MR) is 57.1 cm³/mol. The molecule has 0 aliphatic heterocycles. The zero-order chi connectivity index (χ0) is 10.8. The highest BCUT2D eigenvalue weighted by Crippen LogP contribution is 2.19. The Morgan fingerprint density at radius 2 is 2.27 bits per heavy atom. The van der Waals surface area contributed by atoms with Crippen molar-refractivity contribution in [2.75, 3.05) is 0 Å². The van der Waals surface area contributed by atoms with Crippen molar-refractivity contribution >= 4 is 0 Å². The van der Waals surface area contributed by atoms with Gasteiger partial charge in [-0.15, -0.1) is 0 Å². The van der Waals surface area contributed by atoms with Gasteiger partial charge in [0.1, 0.15) is 5.82 Å². The molecule has 0 aliphatic carbocycles. The van der Waals surface area contributed by atoms with Crippen LogP contribution in [0.3, 0.4) is 0 Å². The van der Waals surface area contributed by atoms with E-state index in [4.69, 9.17) is 0 Å². The molecule has 15 heavy (non-hydrogen) atoms. The summed E-state index contributed by atoms with van der Waals surface area (Å²) >= 11 is 0. The third kappa shape index (κ3) is 1.64. The van der Waals surface area contributed by atoms with E-state index in [0.29, 0.717) is 0 Å². The van der Waals surface area contributed by atoms with Crippen LogP contribution in [0.15, 0.2) is 24.5 Å². The van der Waals surface area contributed by atoms with Gasteiger partial charge in [-0.1, -0.05) is 0 Å². The second-order valence-corrected chi connectivity index (χ2v) is 3.43. The Morgan fingerprint density at radius 3 is 2.80 bits per heavy atom. The van der Waals surface area contributed by atoms with Crippen LogP contribution in [-0.4, -0.2) is 19.6 Å². The number of hydrogen-bond donors (Lipinski definition) is 1. The molecular weight excluding hydrogens is 190 g/mol. The Kier molecular flexibility index (Phi) is 2.51. The maximum atomic E-state index is 9.18. The smallest absolute Gasteiger partial charge is 0.141 e. The number of aliphatic hydroxyl groups excluding tert-OH is 1. The summed E-state index contributed by atoms with van der Waals surface area (Å²) in [5.74, 6) is 0.838. The highest BCUT2D eigenvalue weighted by molar-refractivity contribution is 5.55. The fraction of sp³-hybridized carbons (Fsp3) is 0.273. The molecule has 2 aromatic heterocycles. The molecule has 0 aromatic carbocycles. The average Bonchev–Trinajstić information content (AvgIpc) is 2.55. The Morgan fingerprint density at radius 1 is 1.47 bits per heavy atom. The van der Waals surface area contributed by atoms with Crippen LogP contribution in [0.4, 0.5) is 0 Å². The van der Waals surface area contributed by atoms with E-state index < -0.39 is 0 Å². The molecule has 0 radical (unpaired) electrons. The quantitative estimate of drug-likeness (QED) is 0.800. The minimum Gasteiger partial charge on any atom is -0.390 e. The molecule has 2 aromatic rings. The van der Waals surface area contributed by atoms with Crippen molar-refractivity contribution < 1.29 is 5.11 Å². The number of aromatic nitrogens is 3. The monoisotopic (exact) mass is 203 g/mol. The van der Waals surface area contributed by atoms with Gasteiger partial charge in [-0.2, -0.15) is 0 Å². The number of hydrogen-bond acceptors (Lipinski definition) is 3. The summed E-state index contributed by atoms with van der Waals surface area (Å²) in [6.07, 6.45) is 3.50. The molecule has 0 bridgehead atoms. The van der Waals surface area contributed by atoms with Crippen LogP contribution < -0.4 is 0 Å². The van der Waals surface area contributed by atoms with Crippen LogP contribution in [-0.2, 0) is 13.7 Å². The molecular formula is C11H13N3O. The summed E-state index contributed by atoms with van der Waals surface area (Å²) in [6.45, 7) is 1.90. The molecule has 4 nitrogen and oxygen atoms in total. The third-order valence-corrected chi connectivity index (χ3v) is 2.48. The largest absolute Gasteiger partial charge is 0.390 e. The molecule has 0 amide bonds. The van der Waals surface area contributed by atoms with Gasteiger partial charge in [0.2, 0.25) is 0 Å². The minimum absolute atomic E-state index is 0.00952. The average molecular weight is 203 g/mol. The van der Waals surface area contributed by atoms with Crippen molar-refractivity contribution in [3.05, 3.63) is 35.9 Å². The fourth-order valence-corrected chi connectivity index (χ4v) is 1.64. The number of nitrogens with zero attached hydrogens (tertiary/aromatic N) is 3. The van der Waals surface area contributed by atoms with E-state index in [0.717, 1.165) is 22.8 Å².